The number of benzene rings is 1. The summed E-state index contributed by atoms with van der Waals surface area (Å²) in [7, 11) is 0. The van der Waals surface area contributed by atoms with E-state index in [4.69, 9.17) is 16.7 Å². The molecule has 5 rings (SSSR count). The summed E-state index contributed by atoms with van der Waals surface area (Å²) >= 11 is 6.71. The topological polar surface area (TPSA) is 114 Å². The summed E-state index contributed by atoms with van der Waals surface area (Å²) in [5.74, 6) is 0.657. The van der Waals surface area contributed by atoms with Gasteiger partial charge in [0, 0.05) is 28.6 Å². The minimum atomic E-state index is -1.01. The van der Waals surface area contributed by atoms with Gasteiger partial charge in [-0.1, -0.05) is 55.5 Å². The van der Waals surface area contributed by atoms with Crippen LogP contribution < -0.4 is 5.56 Å². The Morgan fingerprint density at radius 2 is 1.94 bits per heavy atom. The average molecular weight is 496 g/mol. The highest BCUT2D eigenvalue weighted by Gasteiger charge is 2.28. The summed E-state index contributed by atoms with van der Waals surface area (Å²) in [6.07, 6.45) is 9.39. The number of carboxylic acid groups (broad SMARTS) is 1. The van der Waals surface area contributed by atoms with E-state index in [0.29, 0.717) is 35.5 Å². The Labute approximate surface area is 208 Å². The van der Waals surface area contributed by atoms with Gasteiger partial charge in [-0.3, -0.25) is 9.59 Å². The zero-order valence-corrected chi connectivity index (χ0v) is 20.4. The maximum absolute atomic E-state index is 12.8. The molecule has 1 atom stereocenters. The molecule has 0 radical (unpaired) electrons. The number of halogens is 1. The number of pyridine rings is 1. The number of hydrogen-bond acceptors (Lipinski definition) is 5. The minimum Gasteiger partial charge on any atom is -0.480 e. The average Bonchev–Trinajstić information content (AvgIpc) is 3.34. The Morgan fingerprint density at radius 3 is 2.63 bits per heavy atom. The molecule has 3 aromatic rings. The Hall–Kier alpha value is -3.00. The lowest BCUT2D eigenvalue weighted by Gasteiger charge is -2.22. The van der Waals surface area contributed by atoms with Crippen molar-refractivity contribution in [1.82, 2.24) is 25.2 Å². The SMILES string of the molecule is O=C(O)Cn1nnc(CCc2ccc(C(CC3CCCC3)c3ccc(C4CC4)c(=O)[nH]3)cc2Cl)n1. The fourth-order valence-corrected chi connectivity index (χ4v) is 5.52. The lowest BCUT2D eigenvalue weighted by atomic mass is 9.84. The molecule has 1 unspecified atom stereocenters. The van der Waals surface area contributed by atoms with Crippen molar-refractivity contribution in [3.63, 3.8) is 0 Å². The molecule has 2 N–H and O–H groups in total. The van der Waals surface area contributed by atoms with E-state index in [0.717, 1.165) is 46.4 Å². The van der Waals surface area contributed by atoms with Gasteiger partial charge >= 0.3 is 5.97 Å². The first-order valence-electron chi connectivity index (χ1n) is 12.5. The second-order valence-corrected chi connectivity index (χ2v) is 10.3. The van der Waals surface area contributed by atoms with Gasteiger partial charge in [0.15, 0.2) is 12.4 Å². The van der Waals surface area contributed by atoms with E-state index >= 15 is 0 Å². The maximum Gasteiger partial charge on any atom is 0.327 e. The minimum absolute atomic E-state index is 0.0487. The monoisotopic (exact) mass is 495 g/mol. The van der Waals surface area contributed by atoms with Crippen molar-refractivity contribution in [2.75, 3.05) is 0 Å². The molecule has 0 saturated heterocycles. The standard InChI is InChI=1S/C26H30ClN5O3/c27-22-14-19(8-7-18(22)9-12-24-29-31-32(30-24)15-25(33)34)21(13-16-3-1-2-4-16)23-11-10-20(17-5-6-17)26(35)28-23/h7-8,10-11,14,16-17,21H,1-6,9,12-13,15H2,(H,28,35)(H,33,34). The normalized spacial score (nSPS) is 17.1. The highest BCUT2D eigenvalue weighted by atomic mass is 35.5. The van der Waals surface area contributed by atoms with E-state index in [1.165, 1.54) is 25.7 Å². The summed E-state index contributed by atoms with van der Waals surface area (Å²) in [6, 6.07) is 10.3. The highest BCUT2D eigenvalue weighted by molar-refractivity contribution is 6.31. The van der Waals surface area contributed by atoms with Gasteiger partial charge in [0.05, 0.1) is 0 Å². The van der Waals surface area contributed by atoms with Crippen LogP contribution in [-0.4, -0.2) is 36.3 Å². The lowest BCUT2D eigenvalue weighted by Crippen LogP contribution is -2.17. The number of aromatic nitrogens is 5. The molecule has 2 aromatic heterocycles. The first kappa shape index (κ1) is 23.7. The Balaban J connectivity index is 1.34. The van der Waals surface area contributed by atoms with E-state index in [1.54, 1.807) is 0 Å². The van der Waals surface area contributed by atoms with Crippen molar-refractivity contribution < 1.29 is 9.90 Å². The van der Waals surface area contributed by atoms with Gasteiger partial charge in [-0.05, 0) is 66.0 Å². The summed E-state index contributed by atoms with van der Waals surface area (Å²) in [5.41, 5.74) is 4.02. The van der Waals surface area contributed by atoms with E-state index < -0.39 is 5.97 Å². The fraction of sp³-hybridized carbons (Fsp3) is 0.500. The number of tetrazole rings is 1. The number of aliphatic carboxylic acids is 1. The fourth-order valence-electron chi connectivity index (χ4n) is 5.24. The van der Waals surface area contributed by atoms with Crippen molar-refractivity contribution in [2.24, 2.45) is 5.92 Å². The van der Waals surface area contributed by atoms with Crippen molar-refractivity contribution in [2.45, 2.75) is 76.2 Å². The molecule has 0 aliphatic heterocycles. The first-order chi connectivity index (χ1) is 17.0. The molecule has 35 heavy (non-hydrogen) atoms. The number of nitrogens with zero attached hydrogens (tertiary/aromatic N) is 4. The van der Waals surface area contributed by atoms with Crippen molar-refractivity contribution in [1.29, 1.82) is 0 Å². The zero-order chi connectivity index (χ0) is 24.4. The van der Waals surface area contributed by atoms with Gasteiger partial charge in [-0.2, -0.15) is 4.80 Å². The van der Waals surface area contributed by atoms with Crippen LogP contribution in [0, 0.1) is 5.92 Å². The van der Waals surface area contributed by atoms with Gasteiger partial charge in [0.1, 0.15) is 0 Å². The van der Waals surface area contributed by atoms with Crippen molar-refractivity contribution >= 4 is 17.6 Å². The lowest BCUT2D eigenvalue weighted by molar-refractivity contribution is -0.138. The van der Waals surface area contributed by atoms with E-state index in [1.807, 2.05) is 18.2 Å². The van der Waals surface area contributed by atoms with Gasteiger partial charge in [-0.15, -0.1) is 10.2 Å². The number of H-pyrrole nitrogens is 1. The van der Waals surface area contributed by atoms with Crippen LogP contribution >= 0.6 is 11.6 Å². The smallest absolute Gasteiger partial charge is 0.327 e. The van der Waals surface area contributed by atoms with Gasteiger partial charge in [0.25, 0.3) is 5.56 Å². The predicted molar refractivity (Wildman–Crippen MR) is 132 cm³/mol. The quantitative estimate of drug-likeness (QED) is 0.429. The van der Waals surface area contributed by atoms with Crippen LogP contribution in [0.15, 0.2) is 35.1 Å². The molecule has 2 aliphatic rings. The first-order valence-corrected chi connectivity index (χ1v) is 12.8. The Kier molecular flexibility index (Phi) is 7.00. The molecule has 2 aliphatic carbocycles. The molecule has 0 bridgehead atoms. The third kappa shape index (κ3) is 5.81. The van der Waals surface area contributed by atoms with Crippen LogP contribution in [0.3, 0.4) is 0 Å². The molecule has 8 nitrogen and oxygen atoms in total. The predicted octanol–water partition coefficient (Wildman–Crippen LogP) is 4.47. The molecule has 0 spiro atoms. The van der Waals surface area contributed by atoms with Crippen LogP contribution in [-0.2, 0) is 24.2 Å². The zero-order valence-electron chi connectivity index (χ0n) is 19.6. The highest BCUT2D eigenvalue weighted by Crippen LogP contribution is 2.40. The number of aryl methyl sites for hydroxylation is 2. The molecule has 2 saturated carbocycles. The van der Waals surface area contributed by atoms with Crippen molar-refractivity contribution in [3.8, 4) is 0 Å². The number of carbonyl (C=O) groups is 1. The number of hydrogen-bond donors (Lipinski definition) is 2. The third-order valence-electron chi connectivity index (χ3n) is 7.27. The number of aromatic amines is 1. The number of carboxylic acids is 1. The number of rotatable bonds is 10. The van der Waals surface area contributed by atoms with Crippen LogP contribution in [0.1, 0.15) is 85.0 Å². The van der Waals surface area contributed by atoms with Crippen molar-refractivity contribution in [3.05, 3.63) is 73.9 Å². The molecule has 184 valence electrons. The molecule has 0 amide bonds. The van der Waals surface area contributed by atoms with Crippen LogP contribution in [0.2, 0.25) is 5.02 Å². The summed E-state index contributed by atoms with van der Waals surface area (Å²) < 4.78 is 0. The molecular formula is C26H30ClN5O3. The summed E-state index contributed by atoms with van der Waals surface area (Å²) in [5, 5.41) is 21.3. The van der Waals surface area contributed by atoms with Crippen LogP contribution in [0.4, 0.5) is 0 Å². The molecule has 2 heterocycles. The summed E-state index contributed by atoms with van der Waals surface area (Å²) in [4.78, 5) is 27.8. The van der Waals surface area contributed by atoms with E-state index in [9.17, 15) is 9.59 Å². The molecule has 9 heteroatoms. The van der Waals surface area contributed by atoms with Gasteiger partial charge in [0.2, 0.25) is 0 Å². The van der Waals surface area contributed by atoms with Gasteiger partial charge < -0.3 is 10.1 Å². The second kappa shape index (κ2) is 10.3. The third-order valence-corrected chi connectivity index (χ3v) is 7.62. The Morgan fingerprint density at radius 1 is 1.14 bits per heavy atom. The molecule has 2 fully saturated rings. The number of nitrogens with one attached hydrogen (secondary N) is 1. The second-order valence-electron chi connectivity index (χ2n) is 9.89. The van der Waals surface area contributed by atoms with E-state index in [2.05, 4.69) is 32.5 Å². The Bertz CT molecular complexity index is 1260. The molecule has 1 aromatic carbocycles. The summed E-state index contributed by atoms with van der Waals surface area (Å²) in [6.45, 7) is -0.311. The van der Waals surface area contributed by atoms with Crippen LogP contribution in [0.25, 0.3) is 0 Å². The largest absolute Gasteiger partial charge is 0.480 e. The molecular weight excluding hydrogens is 466 g/mol. The van der Waals surface area contributed by atoms with Crippen LogP contribution in [0.5, 0.6) is 0 Å². The maximum atomic E-state index is 12.8. The van der Waals surface area contributed by atoms with E-state index in [-0.39, 0.29) is 18.0 Å². The van der Waals surface area contributed by atoms with Gasteiger partial charge in [-0.25, -0.2) is 0 Å².